The first kappa shape index (κ1) is 22.5. The van der Waals surface area contributed by atoms with Crippen LogP contribution >= 0.6 is 12.8 Å². The van der Waals surface area contributed by atoms with Crippen LogP contribution in [0, 0.1) is 0 Å². The normalized spacial score (nSPS) is 10.9. The third-order valence-electron chi connectivity index (χ3n) is 4.72. The molecule has 0 aliphatic rings. The molecule has 0 fully saturated rings. The lowest BCUT2D eigenvalue weighted by Gasteiger charge is -2.13. The lowest BCUT2D eigenvalue weighted by Crippen LogP contribution is -2.27. The van der Waals surface area contributed by atoms with Gasteiger partial charge in [-0.05, 0) is 36.8 Å². The van der Waals surface area contributed by atoms with Gasteiger partial charge in [0.25, 0.3) is 0 Å². The van der Waals surface area contributed by atoms with Crippen LogP contribution in [0.4, 0.5) is 10.6 Å². The summed E-state index contributed by atoms with van der Waals surface area (Å²) in [6.45, 7) is 3.09. The number of rotatable bonds is 8. The topological polar surface area (TPSA) is 107 Å². The Labute approximate surface area is 196 Å². The molecule has 170 valence electrons. The first-order chi connectivity index (χ1) is 16.1. The van der Waals surface area contributed by atoms with Gasteiger partial charge in [0.2, 0.25) is 0 Å². The number of ether oxygens (including phenoxy) is 2. The van der Waals surface area contributed by atoms with Gasteiger partial charge in [-0.15, -0.1) is 0 Å². The SMILES string of the molecule is CCN(S)C(=O)Nc1ccc2ncc(-c3cnn(Cc4ccc(OCOC)cc4)c3)nc2n1. The monoisotopic (exact) mass is 465 g/mol. The summed E-state index contributed by atoms with van der Waals surface area (Å²) in [7, 11) is 1.58. The van der Waals surface area contributed by atoms with Crippen LogP contribution in [0.25, 0.3) is 22.4 Å². The number of urea groups is 1. The Morgan fingerprint density at radius 2 is 1.97 bits per heavy atom. The quantitative estimate of drug-likeness (QED) is 0.302. The van der Waals surface area contributed by atoms with E-state index in [0.717, 1.165) is 16.9 Å². The van der Waals surface area contributed by atoms with E-state index < -0.39 is 0 Å². The Bertz CT molecular complexity index is 1250. The summed E-state index contributed by atoms with van der Waals surface area (Å²) in [6, 6.07) is 10.8. The molecular formula is C22H23N7O3S. The Morgan fingerprint density at radius 1 is 1.15 bits per heavy atom. The molecule has 1 N–H and O–H groups in total. The number of benzene rings is 1. The van der Waals surface area contributed by atoms with Crippen molar-refractivity contribution in [3.05, 3.63) is 60.6 Å². The summed E-state index contributed by atoms with van der Waals surface area (Å²) in [5, 5.41) is 7.12. The maximum Gasteiger partial charge on any atom is 0.332 e. The minimum Gasteiger partial charge on any atom is -0.468 e. The summed E-state index contributed by atoms with van der Waals surface area (Å²) in [6.07, 6.45) is 5.31. The largest absolute Gasteiger partial charge is 0.468 e. The fourth-order valence-electron chi connectivity index (χ4n) is 3.01. The van der Waals surface area contributed by atoms with E-state index in [1.165, 1.54) is 4.31 Å². The zero-order valence-corrected chi connectivity index (χ0v) is 19.1. The predicted octanol–water partition coefficient (Wildman–Crippen LogP) is 3.62. The van der Waals surface area contributed by atoms with Crippen molar-refractivity contribution in [1.82, 2.24) is 29.0 Å². The number of nitrogens with one attached hydrogen (secondary N) is 1. The molecule has 33 heavy (non-hydrogen) atoms. The number of amides is 2. The summed E-state index contributed by atoms with van der Waals surface area (Å²) in [5.41, 5.74) is 3.57. The first-order valence-corrected chi connectivity index (χ1v) is 10.6. The van der Waals surface area contributed by atoms with Crippen molar-refractivity contribution in [3.8, 4) is 17.0 Å². The zero-order chi connectivity index (χ0) is 23.2. The van der Waals surface area contributed by atoms with Crippen LogP contribution in [0.2, 0.25) is 0 Å². The number of carbonyl (C=O) groups is 1. The molecule has 3 aromatic heterocycles. The van der Waals surface area contributed by atoms with Gasteiger partial charge in [0.05, 0.1) is 24.6 Å². The number of aromatic nitrogens is 5. The van der Waals surface area contributed by atoms with E-state index in [2.05, 4.69) is 38.2 Å². The molecule has 3 heterocycles. The number of hydrogen-bond acceptors (Lipinski definition) is 8. The van der Waals surface area contributed by atoms with E-state index in [-0.39, 0.29) is 12.8 Å². The highest BCUT2D eigenvalue weighted by atomic mass is 32.1. The molecule has 0 atom stereocenters. The molecule has 0 aliphatic heterocycles. The molecule has 0 saturated heterocycles. The molecule has 0 aliphatic carbocycles. The zero-order valence-electron chi connectivity index (χ0n) is 18.2. The second-order valence-electron chi connectivity index (χ2n) is 7.06. The summed E-state index contributed by atoms with van der Waals surface area (Å²) < 4.78 is 13.4. The van der Waals surface area contributed by atoms with Gasteiger partial charge >= 0.3 is 6.03 Å². The van der Waals surface area contributed by atoms with Crippen molar-refractivity contribution in [2.24, 2.45) is 0 Å². The highest BCUT2D eigenvalue weighted by molar-refractivity contribution is 7.78. The van der Waals surface area contributed by atoms with Crippen molar-refractivity contribution in [3.63, 3.8) is 0 Å². The van der Waals surface area contributed by atoms with Crippen molar-refractivity contribution >= 4 is 35.8 Å². The molecule has 0 bridgehead atoms. The number of methoxy groups -OCH3 is 1. The molecule has 4 rings (SSSR count). The van der Waals surface area contributed by atoms with Crippen LogP contribution in [0.3, 0.4) is 0 Å². The molecule has 0 unspecified atom stereocenters. The van der Waals surface area contributed by atoms with Crippen molar-refractivity contribution in [1.29, 1.82) is 0 Å². The first-order valence-electron chi connectivity index (χ1n) is 10.2. The number of anilines is 1. The number of thiol groups is 1. The lowest BCUT2D eigenvalue weighted by atomic mass is 10.2. The molecule has 1 aromatic carbocycles. The summed E-state index contributed by atoms with van der Waals surface area (Å²) in [5.74, 6) is 1.12. The second kappa shape index (κ2) is 10.3. The Kier molecular flexibility index (Phi) is 7.01. The molecule has 0 saturated carbocycles. The van der Waals surface area contributed by atoms with Crippen molar-refractivity contribution in [2.75, 3.05) is 25.8 Å². The van der Waals surface area contributed by atoms with Crippen molar-refractivity contribution in [2.45, 2.75) is 13.5 Å². The highest BCUT2D eigenvalue weighted by Gasteiger charge is 2.11. The molecule has 10 nitrogen and oxygen atoms in total. The van der Waals surface area contributed by atoms with Crippen LogP contribution in [-0.2, 0) is 11.3 Å². The van der Waals surface area contributed by atoms with Gasteiger partial charge in [-0.2, -0.15) is 5.10 Å². The molecule has 11 heteroatoms. The van der Waals surface area contributed by atoms with E-state index in [4.69, 9.17) is 9.47 Å². The number of hydrogen-bond donors (Lipinski definition) is 2. The van der Waals surface area contributed by atoms with Crippen LogP contribution in [0.1, 0.15) is 12.5 Å². The molecule has 0 radical (unpaired) electrons. The van der Waals surface area contributed by atoms with Gasteiger partial charge in [-0.3, -0.25) is 19.3 Å². The number of carbonyl (C=O) groups excluding carboxylic acids is 1. The van der Waals surface area contributed by atoms with E-state index in [0.29, 0.717) is 35.8 Å². The number of pyridine rings is 1. The van der Waals surface area contributed by atoms with Crippen LogP contribution in [-0.4, -0.2) is 55.5 Å². The molecular weight excluding hydrogens is 442 g/mol. The van der Waals surface area contributed by atoms with Crippen molar-refractivity contribution < 1.29 is 14.3 Å². The summed E-state index contributed by atoms with van der Waals surface area (Å²) >= 11 is 4.09. The molecule has 2 amide bonds. The van der Waals surface area contributed by atoms with E-state index >= 15 is 0 Å². The Morgan fingerprint density at radius 3 is 2.73 bits per heavy atom. The Hall–Kier alpha value is -3.70. The maximum absolute atomic E-state index is 12.0. The van der Waals surface area contributed by atoms with Gasteiger partial charge in [-0.25, -0.2) is 14.8 Å². The Balaban J connectivity index is 1.49. The van der Waals surface area contributed by atoms with Crippen LogP contribution in [0.5, 0.6) is 5.75 Å². The smallest absolute Gasteiger partial charge is 0.332 e. The average molecular weight is 466 g/mol. The third-order valence-corrected chi connectivity index (χ3v) is 5.18. The standard InChI is InChI=1S/C22H23N7O3S/c1-3-29(33)22(30)27-20-9-8-18-21(26-20)25-19(11-23-18)16-10-24-28(13-16)12-15-4-6-17(7-5-15)32-14-31-2/h4-11,13,33H,3,12,14H2,1-2H3,(H,25,26,27,30). The fraction of sp³-hybridized carbons (Fsp3) is 0.227. The fourth-order valence-corrected chi connectivity index (χ4v) is 3.06. The van der Waals surface area contributed by atoms with Gasteiger partial charge in [0.15, 0.2) is 12.4 Å². The molecule has 4 aromatic rings. The number of fused-ring (bicyclic) bond motifs is 1. The lowest BCUT2D eigenvalue weighted by molar-refractivity contribution is 0.0511. The van der Waals surface area contributed by atoms with E-state index in [1.807, 2.05) is 42.1 Å². The minimum absolute atomic E-state index is 0.212. The van der Waals surface area contributed by atoms with Crippen LogP contribution < -0.4 is 10.1 Å². The second-order valence-corrected chi connectivity index (χ2v) is 7.54. The molecule has 0 spiro atoms. The van der Waals surface area contributed by atoms with E-state index in [1.54, 1.807) is 31.6 Å². The predicted molar refractivity (Wildman–Crippen MR) is 127 cm³/mol. The van der Waals surface area contributed by atoms with Gasteiger partial charge in [-0.1, -0.05) is 24.9 Å². The third kappa shape index (κ3) is 5.57. The maximum atomic E-state index is 12.0. The van der Waals surface area contributed by atoms with Crippen LogP contribution in [0.15, 0.2) is 55.0 Å². The van der Waals surface area contributed by atoms with Gasteiger partial charge in [0.1, 0.15) is 17.1 Å². The highest BCUT2D eigenvalue weighted by Crippen LogP contribution is 2.20. The van der Waals surface area contributed by atoms with E-state index in [9.17, 15) is 4.79 Å². The number of nitrogens with zero attached hydrogens (tertiary/aromatic N) is 6. The van der Waals surface area contributed by atoms with Gasteiger partial charge in [0, 0.05) is 25.4 Å². The van der Waals surface area contributed by atoms with Gasteiger partial charge < -0.3 is 9.47 Å². The average Bonchev–Trinajstić information content (AvgIpc) is 3.31. The summed E-state index contributed by atoms with van der Waals surface area (Å²) in [4.78, 5) is 25.5. The minimum atomic E-state index is -0.364.